The highest BCUT2D eigenvalue weighted by molar-refractivity contribution is 9.11. The zero-order valence-corrected chi connectivity index (χ0v) is 14.8. The molecule has 1 N–H and O–H groups in total. The Hall–Kier alpha value is -0.520. The highest BCUT2D eigenvalue weighted by Crippen LogP contribution is 2.34. The second-order valence-corrected chi connectivity index (χ2v) is 6.46. The van der Waals surface area contributed by atoms with E-state index in [1.54, 1.807) is 0 Å². The van der Waals surface area contributed by atoms with Gasteiger partial charge in [0.1, 0.15) is 12.4 Å². The van der Waals surface area contributed by atoms with Crippen LogP contribution in [0.25, 0.3) is 0 Å². The molecule has 0 atom stereocenters. The Labute approximate surface area is 137 Å². The van der Waals surface area contributed by atoms with E-state index in [9.17, 15) is 0 Å². The van der Waals surface area contributed by atoms with Gasteiger partial charge in [0.25, 0.3) is 0 Å². The third-order valence-electron chi connectivity index (χ3n) is 2.42. The maximum atomic E-state index is 5.63. The Morgan fingerprint density at radius 3 is 2.21 bits per heavy atom. The Balaban J connectivity index is 1.86. The van der Waals surface area contributed by atoms with Gasteiger partial charge in [-0.2, -0.15) is 0 Å². The maximum Gasteiger partial charge on any atom is 0.119 e. The number of hydrogen-bond donors (Lipinski definition) is 1. The highest BCUT2D eigenvalue weighted by Gasteiger charge is 2.06. The van der Waals surface area contributed by atoms with E-state index >= 15 is 0 Å². The molecular weight excluding hydrogens is 438 g/mol. The van der Waals surface area contributed by atoms with Crippen LogP contribution in [0.15, 0.2) is 55.9 Å². The molecule has 0 fully saturated rings. The SMILES string of the molecule is Brc1cc(Br)c(NCCOc2ccccc2)c(Br)c1. The summed E-state index contributed by atoms with van der Waals surface area (Å²) < 4.78 is 8.67. The molecule has 0 radical (unpaired) electrons. The van der Waals surface area contributed by atoms with E-state index in [1.807, 2.05) is 42.5 Å². The summed E-state index contributed by atoms with van der Waals surface area (Å²) in [6.45, 7) is 1.34. The summed E-state index contributed by atoms with van der Waals surface area (Å²) in [6.07, 6.45) is 0. The Kier molecular flexibility index (Phi) is 5.73. The molecule has 0 saturated heterocycles. The van der Waals surface area contributed by atoms with Gasteiger partial charge >= 0.3 is 0 Å². The van der Waals surface area contributed by atoms with E-state index < -0.39 is 0 Å². The normalized spacial score (nSPS) is 10.3. The van der Waals surface area contributed by atoms with Crippen molar-refractivity contribution >= 4 is 53.5 Å². The molecule has 2 nitrogen and oxygen atoms in total. The molecule has 0 aliphatic rings. The summed E-state index contributed by atoms with van der Waals surface area (Å²) in [6, 6.07) is 13.8. The van der Waals surface area contributed by atoms with Gasteiger partial charge in [-0.05, 0) is 56.1 Å². The van der Waals surface area contributed by atoms with Gasteiger partial charge in [0, 0.05) is 20.0 Å². The zero-order chi connectivity index (χ0) is 13.7. The lowest BCUT2D eigenvalue weighted by atomic mass is 10.3. The molecule has 0 spiro atoms. The van der Waals surface area contributed by atoms with Crippen molar-refractivity contribution in [1.82, 2.24) is 0 Å². The molecule has 0 saturated carbocycles. The first-order valence-corrected chi connectivity index (χ1v) is 8.11. The van der Waals surface area contributed by atoms with Crippen molar-refractivity contribution < 1.29 is 4.74 Å². The molecule has 19 heavy (non-hydrogen) atoms. The van der Waals surface area contributed by atoms with Crippen molar-refractivity contribution in [3.05, 3.63) is 55.9 Å². The molecule has 0 aromatic heterocycles. The number of hydrogen-bond acceptors (Lipinski definition) is 2. The molecule has 0 aliphatic heterocycles. The fourth-order valence-corrected chi connectivity index (χ4v) is 4.11. The molecule has 0 aliphatic carbocycles. The van der Waals surface area contributed by atoms with Crippen LogP contribution in [0.4, 0.5) is 5.69 Å². The molecule has 2 aromatic carbocycles. The summed E-state index contributed by atoms with van der Waals surface area (Å²) in [4.78, 5) is 0. The lowest BCUT2D eigenvalue weighted by Crippen LogP contribution is -2.12. The molecule has 2 rings (SSSR count). The van der Waals surface area contributed by atoms with Crippen molar-refractivity contribution in [2.75, 3.05) is 18.5 Å². The summed E-state index contributed by atoms with van der Waals surface area (Å²) in [5.74, 6) is 0.887. The van der Waals surface area contributed by atoms with Crippen molar-refractivity contribution in [3.8, 4) is 5.75 Å². The molecule has 0 heterocycles. The summed E-state index contributed by atoms with van der Waals surface area (Å²) in [5, 5.41) is 3.34. The zero-order valence-electron chi connectivity index (χ0n) is 10.00. The van der Waals surface area contributed by atoms with Crippen LogP contribution in [0.5, 0.6) is 5.75 Å². The van der Waals surface area contributed by atoms with Gasteiger partial charge in [0.2, 0.25) is 0 Å². The maximum absolute atomic E-state index is 5.63. The lowest BCUT2D eigenvalue weighted by molar-refractivity contribution is 0.333. The first-order valence-electron chi connectivity index (χ1n) is 5.73. The van der Waals surface area contributed by atoms with Gasteiger partial charge in [0.15, 0.2) is 0 Å². The second-order valence-electron chi connectivity index (χ2n) is 3.83. The number of halogens is 3. The summed E-state index contributed by atoms with van der Waals surface area (Å²) in [5.41, 5.74) is 1.03. The van der Waals surface area contributed by atoms with Crippen molar-refractivity contribution in [2.24, 2.45) is 0 Å². The minimum Gasteiger partial charge on any atom is -0.492 e. The monoisotopic (exact) mass is 447 g/mol. The average Bonchev–Trinajstić information content (AvgIpc) is 2.38. The third kappa shape index (κ3) is 4.51. The number of ether oxygens (including phenoxy) is 1. The third-order valence-corrected chi connectivity index (χ3v) is 4.13. The Bertz CT molecular complexity index is 523. The molecule has 0 bridgehead atoms. The number of nitrogens with one attached hydrogen (secondary N) is 1. The predicted octanol–water partition coefficient (Wildman–Crippen LogP) is 5.47. The first kappa shape index (κ1) is 14.9. The van der Waals surface area contributed by atoms with Crippen molar-refractivity contribution in [3.63, 3.8) is 0 Å². The van der Waals surface area contributed by atoms with E-state index in [0.29, 0.717) is 6.61 Å². The van der Waals surface area contributed by atoms with Gasteiger partial charge in [-0.25, -0.2) is 0 Å². The van der Waals surface area contributed by atoms with Crippen LogP contribution in [0.2, 0.25) is 0 Å². The minimum atomic E-state index is 0.610. The van der Waals surface area contributed by atoms with Gasteiger partial charge in [-0.15, -0.1) is 0 Å². The fourth-order valence-electron chi connectivity index (χ4n) is 1.57. The van der Waals surface area contributed by atoms with Crippen LogP contribution < -0.4 is 10.1 Å². The van der Waals surface area contributed by atoms with Crippen LogP contribution in [0, 0.1) is 0 Å². The fraction of sp³-hybridized carbons (Fsp3) is 0.143. The average molecular weight is 450 g/mol. The first-order chi connectivity index (χ1) is 9.16. The Morgan fingerprint density at radius 2 is 1.58 bits per heavy atom. The topological polar surface area (TPSA) is 21.3 Å². The standard InChI is InChI=1S/C14H12Br3NO/c15-10-8-12(16)14(13(17)9-10)18-6-7-19-11-4-2-1-3-5-11/h1-5,8-9,18H,6-7H2. The van der Waals surface area contributed by atoms with Crippen LogP contribution >= 0.6 is 47.8 Å². The van der Waals surface area contributed by atoms with Crippen molar-refractivity contribution in [1.29, 1.82) is 0 Å². The van der Waals surface area contributed by atoms with E-state index in [4.69, 9.17) is 4.74 Å². The molecule has 2 aromatic rings. The number of para-hydroxylation sites is 1. The lowest BCUT2D eigenvalue weighted by Gasteiger charge is -2.12. The molecule has 100 valence electrons. The van der Waals surface area contributed by atoms with Gasteiger partial charge in [-0.1, -0.05) is 34.1 Å². The minimum absolute atomic E-state index is 0.610. The van der Waals surface area contributed by atoms with E-state index in [0.717, 1.165) is 31.4 Å². The largest absolute Gasteiger partial charge is 0.492 e. The number of anilines is 1. The summed E-state index contributed by atoms with van der Waals surface area (Å²) in [7, 11) is 0. The van der Waals surface area contributed by atoms with Crippen LogP contribution in [-0.2, 0) is 0 Å². The van der Waals surface area contributed by atoms with Gasteiger partial charge in [-0.3, -0.25) is 0 Å². The van der Waals surface area contributed by atoms with Crippen LogP contribution in [-0.4, -0.2) is 13.2 Å². The van der Waals surface area contributed by atoms with E-state index in [2.05, 4.69) is 53.1 Å². The van der Waals surface area contributed by atoms with Crippen LogP contribution in [0.3, 0.4) is 0 Å². The molecule has 0 unspecified atom stereocenters. The smallest absolute Gasteiger partial charge is 0.119 e. The van der Waals surface area contributed by atoms with Crippen molar-refractivity contribution in [2.45, 2.75) is 0 Å². The van der Waals surface area contributed by atoms with Gasteiger partial charge in [0.05, 0.1) is 5.69 Å². The molecule has 0 amide bonds. The number of rotatable bonds is 5. The molecule has 5 heteroatoms. The van der Waals surface area contributed by atoms with E-state index in [-0.39, 0.29) is 0 Å². The van der Waals surface area contributed by atoms with E-state index in [1.165, 1.54) is 0 Å². The van der Waals surface area contributed by atoms with Crippen LogP contribution in [0.1, 0.15) is 0 Å². The number of benzene rings is 2. The molecular formula is C14H12Br3NO. The Morgan fingerprint density at radius 1 is 0.947 bits per heavy atom. The highest BCUT2D eigenvalue weighted by atomic mass is 79.9. The predicted molar refractivity (Wildman–Crippen MR) is 90.0 cm³/mol. The van der Waals surface area contributed by atoms with Gasteiger partial charge < -0.3 is 10.1 Å². The second kappa shape index (κ2) is 7.31. The quantitative estimate of drug-likeness (QED) is 0.611. The summed E-state index contributed by atoms with van der Waals surface area (Å²) >= 11 is 10.5.